The predicted octanol–water partition coefficient (Wildman–Crippen LogP) is 6.04. The van der Waals surface area contributed by atoms with Crippen LogP contribution in [0.4, 0.5) is 0 Å². The monoisotopic (exact) mass is 304 g/mol. The Balaban J connectivity index is 1.72. The Kier molecular flexibility index (Phi) is 3.52. The first-order valence-corrected chi connectivity index (χ1v) is 10.0. The van der Waals surface area contributed by atoms with E-state index in [4.69, 9.17) is 12.2 Å². The van der Waals surface area contributed by atoms with Crippen molar-refractivity contribution >= 4 is 17.6 Å². The first-order chi connectivity index (χ1) is 10.1. The first-order valence-electron chi connectivity index (χ1n) is 9.54. The van der Waals surface area contributed by atoms with Crippen LogP contribution in [-0.2, 0) is 0 Å². The Hall–Kier alpha value is 0.0900. The lowest BCUT2D eigenvalue weighted by atomic mass is 9.43. The molecule has 1 heteroatoms. The maximum absolute atomic E-state index is 5.54. The quantitative estimate of drug-likeness (QED) is 0.532. The van der Waals surface area contributed by atoms with Gasteiger partial charge in [-0.2, -0.15) is 0 Å². The van der Waals surface area contributed by atoms with Crippen molar-refractivity contribution in [3.8, 4) is 0 Å². The molecule has 4 aliphatic carbocycles. The van der Waals surface area contributed by atoms with Crippen LogP contribution in [0.3, 0.4) is 0 Å². The molecule has 0 nitrogen and oxygen atoms in total. The van der Waals surface area contributed by atoms with Crippen LogP contribution in [0.2, 0.25) is 0 Å². The minimum Gasteiger partial charge on any atom is -0.0932 e. The zero-order valence-corrected chi connectivity index (χ0v) is 14.8. The fourth-order valence-corrected chi connectivity index (χ4v) is 7.78. The minimum atomic E-state index is 0.654. The lowest BCUT2D eigenvalue weighted by Crippen LogP contribution is -2.55. The Morgan fingerprint density at radius 3 is 2.57 bits per heavy atom. The molecular formula is C20H32S. The van der Waals surface area contributed by atoms with Gasteiger partial charge in [0.2, 0.25) is 0 Å². The molecule has 0 bridgehead atoms. The summed E-state index contributed by atoms with van der Waals surface area (Å²) >= 11 is 5.54. The van der Waals surface area contributed by atoms with Gasteiger partial charge in [0.1, 0.15) is 0 Å². The van der Waals surface area contributed by atoms with Crippen molar-refractivity contribution in [2.24, 2.45) is 40.4 Å². The summed E-state index contributed by atoms with van der Waals surface area (Å²) in [4.78, 5) is 0. The molecule has 0 heterocycles. The molecule has 0 aromatic carbocycles. The zero-order valence-electron chi connectivity index (χ0n) is 13.9. The fourth-order valence-electron chi connectivity index (χ4n) is 7.49. The number of thiocarbonyl (C=S) groups is 1. The van der Waals surface area contributed by atoms with Crippen LogP contribution < -0.4 is 0 Å². The van der Waals surface area contributed by atoms with E-state index in [1.807, 2.05) is 0 Å². The molecule has 0 spiro atoms. The van der Waals surface area contributed by atoms with Crippen LogP contribution >= 0.6 is 12.2 Å². The van der Waals surface area contributed by atoms with Gasteiger partial charge in [-0.3, -0.25) is 0 Å². The molecule has 0 aromatic rings. The second kappa shape index (κ2) is 5.05. The average Bonchev–Trinajstić information content (AvgIpc) is 2.87. The largest absolute Gasteiger partial charge is 0.0932 e. The molecule has 4 aliphatic rings. The first kappa shape index (κ1) is 14.7. The number of hydrogen-bond acceptors (Lipinski definition) is 1. The van der Waals surface area contributed by atoms with Gasteiger partial charge in [0, 0.05) is 0 Å². The van der Waals surface area contributed by atoms with Crippen molar-refractivity contribution in [2.75, 3.05) is 0 Å². The van der Waals surface area contributed by atoms with Crippen LogP contribution in [0, 0.1) is 40.4 Å². The molecule has 4 rings (SSSR count). The highest BCUT2D eigenvalue weighted by Gasteiger charge is 2.59. The van der Waals surface area contributed by atoms with Crippen LogP contribution in [0.25, 0.3) is 0 Å². The number of fused-ring (bicyclic) bond motifs is 5. The van der Waals surface area contributed by atoms with Crippen molar-refractivity contribution in [1.82, 2.24) is 0 Å². The molecule has 0 amide bonds. The topological polar surface area (TPSA) is 0 Å². The van der Waals surface area contributed by atoms with Gasteiger partial charge >= 0.3 is 0 Å². The van der Waals surface area contributed by atoms with Gasteiger partial charge in [0.05, 0.1) is 0 Å². The van der Waals surface area contributed by atoms with Crippen LogP contribution in [0.15, 0.2) is 0 Å². The average molecular weight is 305 g/mol. The van der Waals surface area contributed by atoms with Gasteiger partial charge in [0.25, 0.3) is 0 Å². The molecule has 0 radical (unpaired) electrons. The summed E-state index contributed by atoms with van der Waals surface area (Å²) in [6.07, 6.45) is 14.9. The predicted molar refractivity (Wildman–Crippen MR) is 93.5 cm³/mol. The Bertz CT molecular complexity index is 430. The van der Waals surface area contributed by atoms with Crippen LogP contribution in [0.5, 0.6) is 0 Å². The second-order valence-electron chi connectivity index (χ2n) is 9.36. The minimum absolute atomic E-state index is 0.654. The van der Waals surface area contributed by atoms with Crippen molar-refractivity contribution < 1.29 is 0 Å². The molecular weight excluding hydrogens is 272 g/mol. The van der Waals surface area contributed by atoms with Crippen molar-refractivity contribution in [3.05, 3.63) is 0 Å². The van der Waals surface area contributed by atoms with Crippen LogP contribution in [-0.4, -0.2) is 5.37 Å². The highest BCUT2D eigenvalue weighted by atomic mass is 32.1. The third kappa shape index (κ3) is 2.02. The SMILES string of the molecule is C[C@@]12CCC[C@H]1[C@@H]1[C@@H](C=S)C[C@H]3CCCC[C@]3(C)[C@H]1CC2. The number of hydrogen-bond donors (Lipinski definition) is 0. The molecule has 4 fully saturated rings. The molecule has 4 saturated carbocycles. The summed E-state index contributed by atoms with van der Waals surface area (Å²) in [5.41, 5.74) is 1.32. The van der Waals surface area contributed by atoms with E-state index in [9.17, 15) is 0 Å². The summed E-state index contributed by atoms with van der Waals surface area (Å²) in [6.45, 7) is 5.28. The smallest absolute Gasteiger partial charge is 0.00916 e. The fraction of sp³-hybridized carbons (Fsp3) is 0.950. The van der Waals surface area contributed by atoms with Gasteiger partial charge in [-0.05, 0) is 90.7 Å². The molecule has 7 atom stereocenters. The molecule has 118 valence electrons. The summed E-state index contributed by atoms with van der Waals surface area (Å²) in [7, 11) is 0. The highest BCUT2D eigenvalue weighted by Crippen LogP contribution is 2.67. The highest BCUT2D eigenvalue weighted by molar-refractivity contribution is 7.79. The summed E-state index contributed by atoms with van der Waals surface area (Å²) in [5, 5.41) is 2.20. The Morgan fingerprint density at radius 2 is 1.76 bits per heavy atom. The van der Waals surface area contributed by atoms with E-state index >= 15 is 0 Å². The third-order valence-electron chi connectivity index (χ3n) is 8.64. The van der Waals surface area contributed by atoms with E-state index in [-0.39, 0.29) is 0 Å². The van der Waals surface area contributed by atoms with Gasteiger partial charge in [-0.25, -0.2) is 0 Å². The maximum atomic E-state index is 5.54. The molecule has 0 unspecified atom stereocenters. The van der Waals surface area contributed by atoms with E-state index in [0.29, 0.717) is 10.8 Å². The van der Waals surface area contributed by atoms with Crippen molar-refractivity contribution in [3.63, 3.8) is 0 Å². The number of rotatable bonds is 1. The van der Waals surface area contributed by atoms with E-state index in [1.165, 1.54) is 64.2 Å². The van der Waals surface area contributed by atoms with Crippen molar-refractivity contribution in [2.45, 2.75) is 78.1 Å². The van der Waals surface area contributed by atoms with E-state index < -0.39 is 0 Å². The third-order valence-corrected chi connectivity index (χ3v) is 8.99. The summed E-state index contributed by atoms with van der Waals surface area (Å²) in [5.74, 6) is 4.63. The van der Waals surface area contributed by atoms with E-state index in [0.717, 1.165) is 29.6 Å². The van der Waals surface area contributed by atoms with Gasteiger partial charge in [-0.1, -0.05) is 45.3 Å². The lowest BCUT2D eigenvalue weighted by Gasteiger charge is -2.62. The van der Waals surface area contributed by atoms with Gasteiger partial charge in [-0.15, -0.1) is 0 Å². The molecule has 0 saturated heterocycles. The Labute approximate surface area is 136 Å². The molecule has 0 aromatic heterocycles. The second-order valence-corrected chi connectivity index (χ2v) is 9.63. The lowest BCUT2D eigenvalue weighted by molar-refractivity contribution is -0.116. The molecule has 0 N–H and O–H groups in total. The van der Waals surface area contributed by atoms with Crippen LogP contribution in [0.1, 0.15) is 78.1 Å². The molecule has 21 heavy (non-hydrogen) atoms. The van der Waals surface area contributed by atoms with Crippen molar-refractivity contribution in [1.29, 1.82) is 0 Å². The normalized spacial score (nSPS) is 56.2. The van der Waals surface area contributed by atoms with E-state index in [1.54, 1.807) is 0 Å². The Morgan fingerprint density at radius 1 is 0.905 bits per heavy atom. The standard InChI is InChI=1S/C20H32S/c1-19-9-5-7-16(19)18-14(13-21)12-15-6-3-4-10-20(15,2)17(18)8-11-19/h13-18H,3-12H2,1-2H3/t14-,15-,16+,17+,18+,19+,20+/m1/s1. The summed E-state index contributed by atoms with van der Waals surface area (Å²) < 4.78 is 0. The molecule has 0 aliphatic heterocycles. The van der Waals surface area contributed by atoms with Gasteiger partial charge < -0.3 is 0 Å². The van der Waals surface area contributed by atoms with Gasteiger partial charge in [0.15, 0.2) is 0 Å². The summed E-state index contributed by atoms with van der Waals surface area (Å²) in [6, 6.07) is 0. The zero-order chi connectivity index (χ0) is 14.7. The maximum Gasteiger partial charge on any atom is -0.00916 e. The van der Waals surface area contributed by atoms with E-state index in [2.05, 4.69) is 19.2 Å².